The zero-order valence-corrected chi connectivity index (χ0v) is 15.4. The van der Waals surface area contributed by atoms with Gasteiger partial charge in [-0.1, -0.05) is 17.7 Å². The maximum absolute atomic E-state index is 12.6. The van der Waals surface area contributed by atoms with Gasteiger partial charge in [-0.2, -0.15) is 0 Å². The molecule has 26 heavy (non-hydrogen) atoms. The summed E-state index contributed by atoms with van der Waals surface area (Å²) in [6, 6.07) is 8.72. The van der Waals surface area contributed by atoms with Gasteiger partial charge in [-0.3, -0.25) is 4.79 Å². The van der Waals surface area contributed by atoms with Crippen LogP contribution in [0.25, 0.3) is 0 Å². The van der Waals surface area contributed by atoms with Crippen molar-refractivity contribution >= 4 is 17.5 Å². The predicted molar refractivity (Wildman–Crippen MR) is 98.4 cm³/mol. The Morgan fingerprint density at radius 2 is 2.19 bits per heavy atom. The van der Waals surface area contributed by atoms with Gasteiger partial charge in [0.25, 0.3) is 5.91 Å². The molecule has 1 aromatic heterocycles. The molecule has 3 rings (SSSR count). The van der Waals surface area contributed by atoms with Gasteiger partial charge >= 0.3 is 0 Å². The molecule has 0 bridgehead atoms. The topological polar surface area (TPSA) is 75.6 Å². The van der Waals surface area contributed by atoms with Gasteiger partial charge in [0.2, 0.25) is 0 Å². The molecule has 1 aliphatic rings. The molecule has 1 unspecified atom stereocenters. The van der Waals surface area contributed by atoms with Crippen molar-refractivity contribution in [3.05, 3.63) is 53.1 Å². The summed E-state index contributed by atoms with van der Waals surface area (Å²) < 4.78 is 5.72. The van der Waals surface area contributed by atoms with Gasteiger partial charge in [-0.05, 0) is 50.5 Å². The molecule has 1 fully saturated rings. The SMILES string of the molecule is Cc1nccc(C(=O)N2CCCC(O)(COc3cccc(Cl)c3)CC2)n1. The van der Waals surface area contributed by atoms with E-state index in [0.717, 1.165) is 0 Å². The highest BCUT2D eigenvalue weighted by Gasteiger charge is 2.33. The number of carbonyl (C=O) groups excluding carboxylic acids is 1. The number of likely N-dealkylation sites (tertiary alicyclic amines) is 1. The second kappa shape index (κ2) is 8.01. The van der Waals surface area contributed by atoms with Crippen molar-refractivity contribution in [2.24, 2.45) is 0 Å². The number of amides is 1. The molecule has 0 radical (unpaired) electrons. The summed E-state index contributed by atoms with van der Waals surface area (Å²) in [5, 5.41) is 11.5. The standard InChI is InChI=1S/C19H22ClN3O3/c1-14-21-9-6-17(22-14)18(24)23-10-3-7-19(25,8-11-23)13-26-16-5-2-4-15(20)12-16/h2,4-6,9,12,25H,3,7-8,10-11,13H2,1H3. The van der Waals surface area contributed by atoms with Gasteiger partial charge < -0.3 is 14.7 Å². The van der Waals surface area contributed by atoms with E-state index in [4.69, 9.17) is 16.3 Å². The number of aliphatic hydroxyl groups is 1. The van der Waals surface area contributed by atoms with E-state index >= 15 is 0 Å². The van der Waals surface area contributed by atoms with Crippen molar-refractivity contribution < 1.29 is 14.6 Å². The van der Waals surface area contributed by atoms with E-state index in [9.17, 15) is 9.90 Å². The van der Waals surface area contributed by atoms with Crippen LogP contribution in [0.5, 0.6) is 5.75 Å². The monoisotopic (exact) mass is 375 g/mol. The van der Waals surface area contributed by atoms with Crippen LogP contribution >= 0.6 is 11.6 Å². The van der Waals surface area contributed by atoms with Crippen LogP contribution in [0.1, 0.15) is 35.6 Å². The first-order chi connectivity index (χ1) is 12.5. The fourth-order valence-corrected chi connectivity index (χ4v) is 3.22. The van der Waals surface area contributed by atoms with Gasteiger partial charge in [0.05, 0.1) is 0 Å². The first kappa shape index (κ1) is 18.6. The second-order valence-electron chi connectivity index (χ2n) is 6.61. The molecule has 138 valence electrons. The molecule has 0 spiro atoms. The zero-order chi connectivity index (χ0) is 18.6. The summed E-state index contributed by atoms with van der Waals surface area (Å²) in [6.07, 6.45) is 3.30. The summed E-state index contributed by atoms with van der Waals surface area (Å²) in [6.45, 7) is 2.96. The van der Waals surface area contributed by atoms with E-state index in [1.807, 2.05) is 0 Å². The first-order valence-corrected chi connectivity index (χ1v) is 9.03. The van der Waals surface area contributed by atoms with Crippen LogP contribution in [0, 0.1) is 6.92 Å². The number of aryl methyl sites for hydroxylation is 1. The molecular weight excluding hydrogens is 354 g/mol. The van der Waals surface area contributed by atoms with Crippen molar-refractivity contribution in [3.8, 4) is 5.75 Å². The predicted octanol–water partition coefficient (Wildman–Crippen LogP) is 2.87. The number of hydrogen-bond acceptors (Lipinski definition) is 5. The maximum atomic E-state index is 12.6. The van der Waals surface area contributed by atoms with E-state index < -0.39 is 5.60 Å². The van der Waals surface area contributed by atoms with E-state index in [1.165, 1.54) is 0 Å². The number of benzene rings is 1. The van der Waals surface area contributed by atoms with Crippen LogP contribution in [0.2, 0.25) is 5.02 Å². The van der Waals surface area contributed by atoms with Crippen LogP contribution in [0.15, 0.2) is 36.5 Å². The molecule has 6 nitrogen and oxygen atoms in total. The number of aromatic nitrogens is 2. The molecule has 1 atom stereocenters. The van der Waals surface area contributed by atoms with Gasteiger partial charge in [-0.25, -0.2) is 9.97 Å². The Balaban J connectivity index is 1.61. The average Bonchev–Trinajstić information content (AvgIpc) is 2.82. The Kier molecular flexibility index (Phi) is 5.74. The summed E-state index contributed by atoms with van der Waals surface area (Å²) >= 11 is 5.95. The molecule has 7 heteroatoms. The second-order valence-corrected chi connectivity index (χ2v) is 7.04. The summed E-state index contributed by atoms with van der Waals surface area (Å²) in [5.41, 5.74) is -0.586. The lowest BCUT2D eigenvalue weighted by molar-refractivity contribution is -0.0163. The Morgan fingerprint density at radius 3 is 2.96 bits per heavy atom. The van der Waals surface area contributed by atoms with Gasteiger partial charge in [0.15, 0.2) is 0 Å². The third kappa shape index (κ3) is 4.71. The molecule has 1 saturated heterocycles. The normalized spacial score (nSPS) is 20.5. The number of nitrogens with zero attached hydrogens (tertiary/aromatic N) is 3. The van der Waals surface area contributed by atoms with Crippen LogP contribution in [-0.4, -0.2) is 51.2 Å². The largest absolute Gasteiger partial charge is 0.491 e. The lowest BCUT2D eigenvalue weighted by Crippen LogP contribution is -2.38. The quantitative estimate of drug-likeness (QED) is 0.889. The molecule has 1 N–H and O–H groups in total. The smallest absolute Gasteiger partial charge is 0.272 e. The summed E-state index contributed by atoms with van der Waals surface area (Å²) in [5.74, 6) is 1.06. The Morgan fingerprint density at radius 1 is 1.35 bits per heavy atom. The van der Waals surface area contributed by atoms with E-state index in [0.29, 0.717) is 54.6 Å². The number of rotatable bonds is 4. The zero-order valence-electron chi connectivity index (χ0n) is 14.7. The Labute approximate surface area is 157 Å². The molecule has 1 amide bonds. The minimum absolute atomic E-state index is 0.129. The molecule has 1 aromatic carbocycles. The molecule has 0 aliphatic carbocycles. The Bertz CT molecular complexity index is 786. The fraction of sp³-hybridized carbons (Fsp3) is 0.421. The Hall–Kier alpha value is -2.18. The lowest BCUT2D eigenvalue weighted by Gasteiger charge is -2.27. The van der Waals surface area contributed by atoms with Crippen molar-refractivity contribution in [2.45, 2.75) is 31.8 Å². The van der Waals surface area contributed by atoms with Gasteiger partial charge in [0, 0.05) is 24.3 Å². The third-order valence-electron chi connectivity index (χ3n) is 4.50. The molecule has 2 heterocycles. The van der Waals surface area contributed by atoms with Crippen molar-refractivity contribution in [1.29, 1.82) is 0 Å². The third-order valence-corrected chi connectivity index (χ3v) is 4.74. The van der Waals surface area contributed by atoms with Gasteiger partial charge in [0.1, 0.15) is 29.5 Å². The molecule has 2 aromatic rings. The fourth-order valence-electron chi connectivity index (χ4n) is 3.04. The minimum Gasteiger partial charge on any atom is -0.491 e. The van der Waals surface area contributed by atoms with Crippen LogP contribution in [-0.2, 0) is 0 Å². The van der Waals surface area contributed by atoms with Crippen LogP contribution < -0.4 is 4.74 Å². The van der Waals surface area contributed by atoms with Gasteiger partial charge in [-0.15, -0.1) is 0 Å². The molecule has 0 saturated carbocycles. The maximum Gasteiger partial charge on any atom is 0.272 e. The number of carbonyl (C=O) groups is 1. The molecular formula is C19H22ClN3O3. The summed E-state index contributed by atoms with van der Waals surface area (Å²) in [7, 11) is 0. The van der Waals surface area contributed by atoms with E-state index in [2.05, 4.69) is 9.97 Å². The van der Waals surface area contributed by atoms with Crippen molar-refractivity contribution in [1.82, 2.24) is 14.9 Å². The highest BCUT2D eigenvalue weighted by molar-refractivity contribution is 6.30. The molecule has 1 aliphatic heterocycles. The van der Waals surface area contributed by atoms with E-state index in [1.54, 1.807) is 48.4 Å². The first-order valence-electron chi connectivity index (χ1n) is 8.65. The number of halogens is 1. The average molecular weight is 376 g/mol. The number of hydrogen-bond donors (Lipinski definition) is 1. The van der Waals surface area contributed by atoms with Crippen molar-refractivity contribution in [2.75, 3.05) is 19.7 Å². The number of ether oxygens (including phenoxy) is 1. The highest BCUT2D eigenvalue weighted by atomic mass is 35.5. The van der Waals surface area contributed by atoms with E-state index in [-0.39, 0.29) is 12.5 Å². The van der Waals surface area contributed by atoms with Crippen molar-refractivity contribution in [3.63, 3.8) is 0 Å². The summed E-state index contributed by atoms with van der Waals surface area (Å²) in [4.78, 5) is 22.6. The van der Waals surface area contributed by atoms with Crippen LogP contribution in [0.4, 0.5) is 0 Å². The highest BCUT2D eigenvalue weighted by Crippen LogP contribution is 2.25. The minimum atomic E-state index is -0.973. The lowest BCUT2D eigenvalue weighted by atomic mass is 9.96. The van der Waals surface area contributed by atoms with Crippen LogP contribution in [0.3, 0.4) is 0 Å².